The third kappa shape index (κ3) is 5.62. The van der Waals surface area contributed by atoms with Crippen molar-refractivity contribution in [2.75, 3.05) is 62.4 Å². The molecule has 3 aliphatic rings. The first-order valence-electron chi connectivity index (χ1n) is 12.0. The lowest BCUT2D eigenvalue weighted by Crippen LogP contribution is -2.38. The van der Waals surface area contributed by atoms with E-state index in [-0.39, 0.29) is 17.1 Å². The lowest BCUT2D eigenvalue weighted by molar-refractivity contribution is -0.384. The predicted octanol–water partition coefficient (Wildman–Crippen LogP) is 4.81. The molecule has 0 radical (unpaired) electrons. The van der Waals surface area contributed by atoms with Crippen LogP contribution in [0.3, 0.4) is 0 Å². The van der Waals surface area contributed by atoms with Gasteiger partial charge in [0, 0.05) is 53.5 Å². The van der Waals surface area contributed by atoms with Crippen molar-refractivity contribution in [1.82, 2.24) is 4.90 Å². The van der Waals surface area contributed by atoms with E-state index >= 15 is 0 Å². The summed E-state index contributed by atoms with van der Waals surface area (Å²) in [6.07, 6.45) is 1.56. The van der Waals surface area contributed by atoms with Crippen molar-refractivity contribution in [3.8, 4) is 0 Å². The average molecular weight is 579 g/mol. The minimum absolute atomic E-state index is 0.00948. The van der Waals surface area contributed by atoms with Gasteiger partial charge in [-0.3, -0.25) is 24.6 Å². The Balaban J connectivity index is 1.52. The monoisotopic (exact) mass is 578 g/mol. The van der Waals surface area contributed by atoms with Crippen LogP contribution in [-0.2, 0) is 20.8 Å². The highest BCUT2D eigenvalue weighted by Gasteiger charge is 2.36. The first-order chi connectivity index (χ1) is 18.3. The summed E-state index contributed by atoms with van der Waals surface area (Å²) in [4.78, 5) is 43.1. The van der Waals surface area contributed by atoms with Gasteiger partial charge in [0.2, 0.25) is 0 Å². The zero-order valence-corrected chi connectivity index (χ0v) is 22.6. The van der Waals surface area contributed by atoms with Crippen LogP contribution >= 0.6 is 35.0 Å². The molecule has 5 rings (SSSR count). The fourth-order valence-electron chi connectivity index (χ4n) is 4.58. The Morgan fingerprint density at radius 2 is 1.58 bits per heavy atom. The number of carbonyl (C=O) groups excluding carboxylic acids is 2. The Bertz CT molecular complexity index is 1310. The number of thioether (sulfide) groups is 1. The molecule has 0 aromatic heterocycles. The number of hydrogen-bond donors (Lipinski definition) is 0. The van der Waals surface area contributed by atoms with E-state index in [1.54, 1.807) is 30.3 Å². The van der Waals surface area contributed by atoms with Gasteiger partial charge in [0.15, 0.2) is 0 Å². The molecule has 2 aromatic rings. The van der Waals surface area contributed by atoms with Crippen molar-refractivity contribution < 1.29 is 24.0 Å². The van der Waals surface area contributed by atoms with E-state index in [4.69, 9.17) is 32.7 Å². The summed E-state index contributed by atoms with van der Waals surface area (Å²) in [6.45, 7) is 4.25. The predicted molar refractivity (Wildman–Crippen MR) is 147 cm³/mol. The zero-order chi connectivity index (χ0) is 26.8. The number of hydrogen-bond acceptors (Lipinski definition) is 9. The highest BCUT2D eigenvalue weighted by molar-refractivity contribution is 8.18. The maximum atomic E-state index is 13.3. The molecule has 38 heavy (non-hydrogen) atoms. The summed E-state index contributed by atoms with van der Waals surface area (Å²) >= 11 is 13.0. The number of rotatable bonds is 6. The normalized spacial score (nSPS) is 19.5. The van der Waals surface area contributed by atoms with Crippen LogP contribution in [0.2, 0.25) is 10.0 Å². The summed E-state index contributed by atoms with van der Waals surface area (Å²) < 4.78 is 10.9. The fourth-order valence-corrected chi connectivity index (χ4v) is 5.87. The van der Waals surface area contributed by atoms with Gasteiger partial charge in [-0.05, 0) is 41.6 Å². The molecule has 13 heteroatoms. The number of imide groups is 1. The average Bonchev–Trinajstić information content (AvgIpc) is 3.18. The van der Waals surface area contributed by atoms with E-state index in [1.165, 1.54) is 6.07 Å². The molecule has 0 atom stereocenters. The Labute approximate surface area is 233 Å². The highest BCUT2D eigenvalue weighted by atomic mass is 35.5. The van der Waals surface area contributed by atoms with Crippen LogP contribution < -0.4 is 9.80 Å². The quantitative estimate of drug-likeness (QED) is 0.271. The molecular formula is C25H24Cl2N4O6S. The number of nitrogens with zero attached hydrogens (tertiary/aromatic N) is 4. The van der Waals surface area contributed by atoms with Crippen LogP contribution in [0, 0.1) is 10.1 Å². The summed E-state index contributed by atoms with van der Waals surface area (Å²) in [6, 6.07) is 8.15. The smallest absolute Gasteiger partial charge is 0.293 e. The fraction of sp³-hybridized carbons (Fsp3) is 0.360. The standard InChI is InChI=1S/C25H24Cl2N4O6S/c26-18-2-1-16(19(27)13-18)15-30-24(32)23(38-25(30)33)12-17-11-22(31(34)35)21(29-5-9-37-10-6-29)14-20(17)28-3-7-36-8-4-28/h1-2,11-14H,3-10,15H2/b23-12-. The first-order valence-corrected chi connectivity index (χ1v) is 13.6. The van der Waals surface area contributed by atoms with Gasteiger partial charge < -0.3 is 19.3 Å². The van der Waals surface area contributed by atoms with Crippen molar-refractivity contribution in [2.24, 2.45) is 0 Å². The van der Waals surface area contributed by atoms with Crippen molar-refractivity contribution in [3.05, 3.63) is 66.5 Å². The molecule has 2 aromatic carbocycles. The minimum atomic E-state index is -0.487. The maximum Gasteiger partial charge on any atom is 0.293 e. The molecule has 0 unspecified atom stereocenters. The summed E-state index contributed by atoms with van der Waals surface area (Å²) in [5.74, 6) is -0.487. The number of anilines is 2. The van der Waals surface area contributed by atoms with Gasteiger partial charge in [-0.15, -0.1) is 0 Å². The molecule has 0 spiro atoms. The summed E-state index contributed by atoms with van der Waals surface area (Å²) in [7, 11) is 0. The lowest BCUT2D eigenvalue weighted by atomic mass is 10.1. The molecule has 0 bridgehead atoms. The largest absolute Gasteiger partial charge is 0.378 e. The van der Waals surface area contributed by atoms with Gasteiger partial charge in [0.1, 0.15) is 5.69 Å². The molecule has 0 N–H and O–H groups in total. The van der Waals surface area contributed by atoms with Crippen molar-refractivity contribution in [1.29, 1.82) is 0 Å². The maximum absolute atomic E-state index is 13.3. The molecule has 0 aliphatic carbocycles. The Hall–Kier alpha value is -2.83. The molecule has 3 aliphatic heterocycles. The number of benzene rings is 2. The lowest BCUT2D eigenvalue weighted by Gasteiger charge is -2.33. The highest BCUT2D eigenvalue weighted by Crippen LogP contribution is 2.40. The molecule has 0 saturated carbocycles. The van der Waals surface area contributed by atoms with Crippen LogP contribution in [-0.4, -0.2) is 73.6 Å². The zero-order valence-electron chi connectivity index (χ0n) is 20.2. The number of nitro groups is 1. The number of amides is 2. The molecule has 10 nitrogen and oxygen atoms in total. The van der Waals surface area contributed by atoms with E-state index in [0.29, 0.717) is 79.5 Å². The number of morpholine rings is 2. The van der Waals surface area contributed by atoms with Gasteiger partial charge in [-0.25, -0.2) is 0 Å². The van der Waals surface area contributed by atoms with Crippen LogP contribution in [0.1, 0.15) is 11.1 Å². The van der Waals surface area contributed by atoms with Crippen LogP contribution in [0.25, 0.3) is 6.08 Å². The second-order valence-corrected chi connectivity index (χ2v) is 10.7. The molecule has 200 valence electrons. The van der Waals surface area contributed by atoms with E-state index in [0.717, 1.165) is 22.3 Å². The Morgan fingerprint density at radius 1 is 0.947 bits per heavy atom. The molecular weight excluding hydrogens is 555 g/mol. The van der Waals surface area contributed by atoms with E-state index in [9.17, 15) is 19.7 Å². The topological polar surface area (TPSA) is 105 Å². The van der Waals surface area contributed by atoms with E-state index < -0.39 is 16.1 Å². The second-order valence-electron chi connectivity index (χ2n) is 8.86. The molecule has 3 fully saturated rings. The first kappa shape index (κ1) is 26.8. The summed E-state index contributed by atoms with van der Waals surface area (Å²) in [5, 5.41) is 12.5. The van der Waals surface area contributed by atoms with E-state index in [1.807, 2.05) is 4.90 Å². The van der Waals surface area contributed by atoms with Crippen LogP contribution in [0.5, 0.6) is 0 Å². The number of ether oxygens (including phenoxy) is 2. The van der Waals surface area contributed by atoms with E-state index in [2.05, 4.69) is 4.90 Å². The Kier molecular flexibility index (Phi) is 8.10. The van der Waals surface area contributed by atoms with Crippen LogP contribution in [0.4, 0.5) is 21.9 Å². The third-order valence-electron chi connectivity index (χ3n) is 6.53. The van der Waals surface area contributed by atoms with Gasteiger partial charge in [-0.1, -0.05) is 29.3 Å². The third-order valence-corrected chi connectivity index (χ3v) is 8.02. The summed E-state index contributed by atoms with van der Waals surface area (Å²) in [5.41, 5.74) is 2.25. The van der Waals surface area contributed by atoms with Gasteiger partial charge in [0.05, 0.1) is 42.8 Å². The van der Waals surface area contributed by atoms with Crippen molar-refractivity contribution >= 4 is 69.2 Å². The van der Waals surface area contributed by atoms with Gasteiger partial charge in [0.25, 0.3) is 16.8 Å². The van der Waals surface area contributed by atoms with Crippen molar-refractivity contribution in [2.45, 2.75) is 6.54 Å². The second kappa shape index (κ2) is 11.5. The number of halogens is 2. The number of carbonyl (C=O) groups is 2. The van der Waals surface area contributed by atoms with Crippen molar-refractivity contribution in [3.63, 3.8) is 0 Å². The van der Waals surface area contributed by atoms with Gasteiger partial charge in [-0.2, -0.15) is 0 Å². The molecule has 3 saturated heterocycles. The molecule has 3 heterocycles. The van der Waals surface area contributed by atoms with Crippen LogP contribution in [0.15, 0.2) is 35.2 Å². The minimum Gasteiger partial charge on any atom is -0.378 e. The SMILES string of the molecule is O=C1S/C(=C\c2cc([N+](=O)[O-])c(N3CCOCC3)cc2N2CCOCC2)C(=O)N1Cc1ccc(Cl)cc1Cl. The molecule has 2 amide bonds. The number of nitro benzene ring substituents is 1. The Morgan fingerprint density at radius 3 is 2.18 bits per heavy atom. The van der Waals surface area contributed by atoms with Gasteiger partial charge >= 0.3 is 0 Å².